The van der Waals surface area contributed by atoms with Crippen molar-refractivity contribution in [2.45, 2.75) is 32.4 Å². The average Bonchev–Trinajstić information content (AvgIpc) is 2.13. The SMILES string of the molecule is CC[C@@H](NC(=O)NC(C)COC)C(=O)O. The Morgan fingerprint density at radius 1 is 1.40 bits per heavy atom. The molecule has 0 heterocycles. The summed E-state index contributed by atoms with van der Waals surface area (Å²) in [6.07, 6.45) is 0.349. The first-order chi connectivity index (χ1) is 7.01. The number of aliphatic carboxylic acids is 1. The van der Waals surface area contributed by atoms with E-state index in [9.17, 15) is 9.59 Å². The Morgan fingerprint density at radius 2 is 2.00 bits per heavy atom. The number of carbonyl (C=O) groups excluding carboxylic acids is 1. The van der Waals surface area contributed by atoms with Gasteiger partial charge >= 0.3 is 12.0 Å². The van der Waals surface area contributed by atoms with E-state index < -0.39 is 18.0 Å². The molecule has 0 aromatic carbocycles. The standard InChI is InChI=1S/C9H18N2O4/c1-4-7(8(12)13)11-9(14)10-6(2)5-15-3/h6-7H,4-5H2,1-3H3,(H,12,13)(H2,10,11,14)/t6?,7-/m1/s1. The zero-order valence-electron chi connectivity index (χ0n) is 9.24. The average molecular weight is 218 g/mol. The number of hydrogen-bond donors (Lipinski definition) is 3. The molecule has 0 saturated heterocycles. The largest absolute Gasteiger partial charge is 0.480 e. The molecule has 1 unspecified atom stereocenters. The summed E-state index contributed by atoms with van der Waals surface area (Å²) in [6.45, 7) is 3.85. The van der Waals surface area contributed by atoms with Crippen LogP contribution >= 0.6 is 0 Å². The molecule has 0 bridgehead atoms. The molecule has 0 rings (SSSR count). The van der Waals surface area contributed by atoms with Gasteiger partial charge in [0.1, 0.15) is 6.04 Å². The number of nitrogens with one attached hydrogen (secondary N) is 2. The molecule has 0 radical (unpaired) electrons. The molecule has 2 atom stereocenters. The van der Waals surface area contributed by atoms with Crippen LogP contribution < -0.4 is 10.6 Å². The summed E-state index contributed by atoms with van der Waals surface area (Å²) in [6, 6.07) is -1.49. The Balaban J connectivity index is 3.96. The zero-order valence-corrected chi connectivity index (χ0v) is 9.24. The molecule has 0 spiro atoms. The number of carboxylic acid groups (broad SMARTS) is 1. The lowest BCUT2D eigenvalue weighted by molar-refractivity contribution is -0.139. The number of carbonyl (C=O) groups is 2. The second-order valence-electron chi connectivity index (χ2n) is 3.27. The van der Waals surface area contributed by atoms with Crippen LogP contribution in [-0.2, 0) is 9.53 Å². The first-order valence-electron chi connectivity index (χ1n) is 4.80. The zero-order chi connectivity index (χ0) is 11.8. The van der Waals surface area contributed by atoms with Gasteiger partial charge in [-0.1, -0.05) is 6.92 Å². The maximum Gasteiger partial charge on any atom is 0.326 e. The van der Waals surface area contributed by atoms with E-state index in [1.807, 2.05) is 0 Å². The van der Waals surface area contributed by atoms with E-state index in [0.29, 0.717) is 13.0 Å². The topological polar surface area (TPSA) is 87.7 Å². The van der Waals surface area contributed by atoms with Crippen LogP contribution in [0, 0.1) is 0 Å². The third-order valence-electron chi connectivity index (χ3n) is 1.81. The molecule has 88 valence electrons. The molecule has 3 N–H and O–H groups in total. The van der Waals surface area contributed by atoms with Gasteiger partial charge in [-0.05, 0) is 13.3 Å². The molecular weight excluding hydrogens is 200 g/mol. The lowest BCUT2D eigenvalue weighted by atomic mass is 10.2. The lowest BCUT2D eigenvalue weighted by Crippen LogP contribution is -2.49. The molecule has 0 aliphatic heterocycles. The third-order valence-corrected chi connectivity index (χ3v) is 1.81. The van der Waals surface area contributed by atoms with Crippen LogP contribution in [0.4, 0.5) is 4.79 Å². The van der Waals surface area contributed by atoms with Gasteiger partial charge < -0.3 is 20.5 Å². The first kappa shape index (κ1) is 13.7. The van der Waals surface area contributed by atoms with Crippen molar-refractivity contribution >= 4 is 12.0 Å². The minimum Gasteiger partial charge on any atom is -0.480 e. The number of urea groups is 1. The van der Waals surface area contributed by atoms with Crippen molar-refractivity contribution in [3.63, 3.8) is 0 Å². The van der Waals surface area contributed by atoms with E-state index in [1.165, 1.54) is 7.11 Å². The van der Waals surface area contributed by atoms with Gasteiger partial charge in [-0.15, -0.1) is 0 Å². The third kappa shape index (κ3) is 5.90. The van der Waals surface area contributed by atoms with Crippen molar-refractivity contribution in [2.75, 3.05) is 13.7 Å². The van der Waals surface area contributed by atoms with Gasteiger partial charge in [0.15, 0.2) is 0 Å². The Bertz CT molecular complexity index is 220. The van der Waals surface area contributed by atoms with Crippen molar-refractivity contribution in [3.8, 4) is 0 Å². The van der Waals surface area contributed by atoms with E-state index >= 15 is 0 Å². The van der Waals surface area contributed by atoms with Crippen LogP contribution in [0.15, 0.2) is 0 Å². The molecule has 6 nitrogen and oxygen atoms in total. The van der Waals surface area contributed by atoms with Gasteiger partial charge in [0.25, 0.3) is 0 Å². The number of hydrogen-bond acceptors (Lipinski definition) is 3. The van der Waals surface area contributed by atoms with E-state index in [-0.39, 0.29) is 6.04 Å². The fraction of sp³-hybridized carbons (Fsp3) is 0.778. The Hall–Kier alpha value is -1.30. The van der Waals surface area contributed by atoms with Crippen LogP contribution in [0.5, 0.6) is 0 Å². The highest BCUT2D eigenvalue weighted by Crippen LogP contribution is 1.91. The van der Waals surface area contributed by atoms with Crippen LogP contribution in [0.2, 0.25) is 0 Å². The van der Waals surface area contributed by atoms with Gasteiger partial charge in [0.05, 0.1) is 12.6 Å². The minimum absolute atomic E-state index is 0.152. The molecule has 15 heavy (non-hydrogen) atoms. The predicted molar refractivity (Wildman–Crippen MR) is 54.7 cm³/mol. The summed E-state index contributed by atoms with van der Waals surface area (Å²) in [4.78, 5) is 21.9. The quantitative estimate of drug-likeness (QED) is 0.593. The fourth-order valence-corrected chi connectivity index (χ4v) is 1.05. The van der Waals surface area contributed by atoms with Gasteiger partial charge in [-0.25, -0.2) is 9.59 Å². The highest BCUT2D eigenvalue weighted by Gasteiger charge is 2.18. The highest BCUT2D eigenvalue weighted by molar-refractivity contribution is 5.82. The van der Waals surface area contributed by atoms with Crippen LogP contribution in [0.3, 0.4) is 0 Å². The van der Waals surface area contributed by atoms with Crippen molar-refractivity contribution < 1.29 is 19.4 Å². The minimum atomic E-state index is -1.04. The van der Waals surface area contributed by atoms with Crippen LogP contribution in [0.25, 0.3) is 0 Å². The Labute approximate surface area is 89.0 Å². The van der Waals surface area contributed by atoms with Crippen molar-refractivity contribution in [1.82, 2.24) is 10.6 Å². The second kappa shape index (κ2) is 7.05. The summed E-state index contributed by atoms with van der Waals surface area (Å²) < 4.78 is 4.82. The summed E-state index contributed by atoms with van der Waals surface area (Å²) in [5.41, 5.74) is 0. The van der Waals surface area contributed by atoms with E-state index in [2.05, 4.69) is 10.6 Å². The van der Waals surface area contributed by atoms with E-state index in [1.54, 1.807) is 13.8 Å². The summed E-state index contributed by atoms with van der Waals surface area (Å²) >= 11 is 0. The Morgan fingerprint density at radius 3 is 2.40 bits per heavy atom. The molecule has 0 fully saturated rings. The number of rotatable bonds is 6. The monoisotopic (exact) mass is 218 g/mol. The summed E-state index contributed by atoms with van der Waals surface area (Å²) in [5, 5.41) is 13.6. The van der Waals surface area contributed by atoms with Gasteiger partial charge in [-0.2, -0.15) is 0 Å². The molecule has 2 amide bonds. The molecular formula is C9H18N2O4. The predicted octanol–water partition coefficient (Wildman–Crippen LogP) is 0.184. The smallest absolute Gasteiger partial charge is 0.326 e. The normalized spacial score (nSPS) is 14.1. The van der Waals surface area contributed by atoms with Gasteiger partial charge in [0, 0.05) is 7.11 Å². The van der Waals surface area contributed by atoms with Gasteiger partial charge in [0.2, 0.25) is 0 Å². The van der Waals surface area contributed by atoms with E-state index in [0.717, 1.165) is 0 Å². The molecule has 0 aliphatic carbocycles. The van der Waals surface area contributed by atoms with Crippen molar-refractivity contribution in [2.24, 2.45) is 0 Å². The van der Waals surface area contributed by atoms with Crippen LogP contribution in [0.1, 0.15) is 20.3 Å². The van der Waals surface area contributed by atoms with Crippen molar-refractivity contribution in [3.05, 3.63) is 0 Å². The lowest BCUT2D eigenvalue weighted by Gasteiger charge is -2.16. The highest BCUT2D eigenvalue weighted by atomic mass is 16.5. The molecule has 0 saturated carbocycles. The first-order valence-corrected chi connectivity index (χ1v) is 4.80. The molecule has 0 aliphatic rings. The maximum absolute atomic E-state index is 11.3. The molecule has 6 heteroatoms. The number of carboxylic acids is 1. The number of ether oxygens (including phenoxy) is 1. The van der Waals surface area contributed by atoms with Crippen molar-refractivity contribution in [1.29, 1.82) is 0 Å². The summed E-state index contributed by atoms with van der Waals surface area (Å²) in [5.74, 6) is -1.04. The second-order valence-corrected chi connectivity index (χ2v) is 3.27. The molecule has 0 aromatic heterocycles. The number of amides is 2. The molecule has 0 aromatic rings. The fourth-order valence-electron chi connectivity index (χ4n) is 1.05. The Kier molecular flexibility index (Phi) is 6.44. The number of methoxy groups -OCH3 is 1. The summed E-state index contributed by atoms with van der Waals surface area (Å²) in [7, 11) is 1.53. The van der Waals surface area contributed by atoms with Gasteiger partial charge in [-0.3, -0.25) is 0 Å². The van der Waals surface area contributed by atoms with E-state index in [4.69, 9.17) is 9.84 Å². The maximum atomic E-state index is 11.3. The van der Waals surface area contributed by atoms with Crippen LogP contribution in [-0.4, -0.2) is 42.9 Å².